The molecule has 2 aromatic heterocycles. The van der Waals surface area contributed by atoms with Gasteiger partial charge in [0.05, 0.1) is 15.2 Å². The van der Waals surface area contributed by atoms with E-state index in [2.05, 4.69) is 15.4 Å². The van der Waals surface area contributed by atoms with Crippen LogP contribution in [-0.4, -0.2) is 20.7 Å². The molecule has 5 nitrogen and oxygen atoms in total. The fourth-order valence-corrected chi connectivity index (χ4v) is 3.12. The van der Waals surface area contributed by atoms with Crippen LogP contribution in [0.1, 0.15) is 28.1 Å². The molecule has 0 aliphatic rings. The topological polar surface area (TPSA) is 59.8 Å². The van der Waals surface area contributed by atoms with Gasteiger partial charge in [0.2, 0.25) is 0 Å². The van der Waals surface area contributed by atoms with Crippen LogP contribution in [0.5, 0.6) is 0 Å². The molecule has 0 aliphatic heterocycles. The number of nitrogens with one attached hydrogen (secondary N) is 1. The Kier molecular flexibility index (Phi) is 3.47. The van der Waals surface area contributed by atoms with E-state index in [0.717, 1.165) is 33.2 Å². The van der Waals surface area contributed by atoms with E-state index in [9.17, 15) is 4.79 Å². The van der Waals surface area contributed by atoms with Crippen molar-refractivity contribution in [1.82, 2.24) is 14.8 Å². The van der Waals surface area contributed by atoms with Crippen molar-refractivity contribution >= 4 is 33.1 Å². The minimum atomic E-state index is -0.189. The van der Waals surface area contributed by atoms with Crippen LogP contribution in [0.4, 0.5) is 5.69 Å². The van der Waals surface area contributed by atoms with Crippen LogP contribution in [0.3, 0.4) is 0 Å². The predicted octanol–water partition coefficient (Wildman–Crippen LogP) is 3.38. The van der Waals surface area contributed by atoms with Crippen LogP contribution < -0.4 is 5.32 Å². The van der Waals surface area contributed by atoms with Crippen molar-refractivity contribution in [1.29, 1.82) is 0 Å². The van der Waals surface area contributed by atoms with Crippen molar-refractivity contribution in [3.63, 3.8) is 0 Å². The van der Waals surface area contributed by atoms with Crippen LogP contribution in [0.15, 0.2) is 24.3 Å². The van der Waals surface area contributed by atoms with Crippen molar-refractivity contribution < 1.29 is 4.79 Å². The third-order valence-electron chi connectivity index (χ3n) is 3.27. The molecule has 0 aliphatic carbocycles. The number of thiazole rings is 1. The maximum Gasteiger partial charge on any atom is 0.276 e. The number of hydrogen-bond donors (Lipinski definition) is 1. The summed E-state index contributed by atoms with van der Waals surface area (Å²) in [5.41, 5.74) is 3.15. The van der Waals surface area contributed by atoms with Crippen molar-refractivity contribution in [3.8, 4) is 0 Å². The van der Waals surface area contributed by atoms with Gasteiger partial charge in [0.1, 0.15) is 0 Å². The first-order valence-electron chi connectivity index (χ1n) is 6.80. The number of amides is 1. The van der Waals surface area contributed by atoms with Crippen LogP contribution in [0, 0.1) is 13.8 Å². The van der Waals surface area contributed by atoms with Gasteiger partial charge >= 0.3 is 0 Å². The molecule has 0 spiro atoms. The molecule has 2 heterocycles. The third kappa shape index (κ3) is 2.67. The van der Waals surface area contributed by atoms with Gasteiger partial charge in [-0.1, -0.05) is 0 Å². The summed E-state index contributed by atoms with van der Waals surface area (Å²) in [4.78, 5) is 16.6. The van der Waals surface area contributed by atoms with Gasteiger partial charge in [-0.3, -0.25) is 9.48 Å². The zero-order valence-corrected chi connectivity index (χ0v) is 13.0. The monoisotopic (exact) mass is 300 g/mol. The van der Waals surface area contributed by atoms with Crippen molar-refractivity contribution in [3.05, 3.63) is 40.7 Å². The molecule has 0 fully saturated rings. The standard InChI is InChI=1S/C15H16N4OS/c1-4-19-9(2)7-13(18-19)15(20)17-11-5-6-12-14(8-11)21-10(3)16-12/h5-8H,4H2,1-3H3,(H,17,20). The highest BCUT2D eigenvalue weighted by molar-refractivity contribution is 7.18. The SMILES string of the molecule is CCn1nc(C(=O)Nc2ccc3nc(C)sc3c2)cc1C. The second-order valence-electron chi connectivity index (χ2n) is 4.86. The smallest absolute Gasteiger partial charge is 0.276 e. The summed E-state index contributed by atoms with van der Waals surface area (Å²) in [6.45, 7) is 6.68. The largest absolute Gasteiger partial charge is 0.321 e. The summed E-state index contributed by atoms with van der Waals surface area (Å²) in [6, 6.07) is 7.53. The van der Waals surface area contributed by atoms with Crippen molar-refractivity contribution in [2.75, 3.05) is 5.32 Å². The Morgan fingerprint density at radius 3 is 2.86 bits per heavy atom. The Bertz CT molecular complexity index is 818. The Balaban J connectivity index is 1.84. The zero-order chi connectivity index (χ0) is 15.0. The quantitative estimate of drug-likeness (QED) is 0.806. The fourth-order valence-electron chi connectivity index (χ4n) is 2.25. The van der Waals surface area contributed by atoms with E-state index >= 15 is 0 Å². The lowest BCUT2D eigenvalue weighted by Crippen LogP contribution is -2.13. The lowest BCUT2D eigenvalue weighted by atomic mass is 10.3. The van der Waals surface area contributed by atoms with E-state index in [1.807, 2.05) is 43.7 Å². The Labute approximate surface area is 126 Å². The number of aromatic nitrogens is 3. The first kappa shape index (κ1) is 13.8. The molecule has 0 bridgehead atoms. The van der Waals surface area contributed by atoms with E-state index in [1.165, 1.54) is 0 Å². The summed E-state index contributed by atoms with van der Waals surface area (Å²) in [7, 11) is 0. The molecule has 3 aromatic rings. The maximum absolute atomic E-state index is 12.2. The number of benzene rings is 1. The summed E-state index contributed by atoms with van der Waals surface area (Å²) in [6.07, 6.45) is 0. The average molecular weight is 300 g/mol. The Morgan fingerprint density at radius 2 is 2.14 bits per heavy atom. The summed E-state index contributed by atoms with van der Waals surface area (Å²) in [5, 5.41) is 8.19. The van der Waals surface area contributed by atoms with Gasteiger partial charge in [0.15, 0.2) is 5.69 Å². The van der Waals surface area contributed by atoms with Crippen LogP contribution in [-0.2, 0) is 6.54 Å². The second-order valence-corrected chi connectivity index (χ2v) is 6.09. The number of carbonyl (C=O) groups excluding carboxylic acids is 1. The molecule has 1 aromatic carbocycles. The van der Waals surface area contributed by atoms with E-state index < -0.39 is 0 Å². The summed E-state index contributed by atoms with van der Waals surface area (Å²) in [5.74, 6) is -0.189. The number of hydrogen-bond acceptors (Lipinski definition) is 4. The Morgan fingerprint density at radius 1 is 1.33 bits per heavy atom. The van der Waals surface area contributed by atoms with Crippen LogP contribution in [0.2, 0.25) is 0 Å². The van der Waals surface area contributed by atoms with Crippen molar-refractivity contribution in [2.24, 2.45) is 0 Å². The van der Waals surface area contributed by atoms with Gasteiger partial charge < -0.3 is 5.32 Å². The van der Waals surface area contributed by atoms with E-state index in [4.69, 9.17) is 0 Å². The molecule has 0 saturated heterocycles. The number of anilines is 1. The van der Waals surface area contributed by atoms with Gasteiger partial charge in [-0.2, -0.15) is 5.10 Å². The second kappa shape index (κ2) is 5.29. The number of rotatable bonds is 3. The molecule has 3 rings (SSSR count). The van der Waals surface area contributed by atoms with E-state index in [0.29, 0.717) is 5.69 Å². The minimum Gasteiger partial charge on any atom is -0.321 e. The molecular formula is C15H16N4OS. The third-order valence-corrected chi connectivity index (χ3v) is 4.20. The van der Waals surface area contributed by atoms with Gasteiger partial charge in [0.25, 0.3) is 5.91 Å². The van der Waals surface area contributed by atoms with E-state index in [-0.39, 0.29) is 5.91 Å². The highest BCUT2D eigenvalue weighted by atomic mass is 32.1. The number of aryl methyl sites for hydroxylation is 3. The first-order chi connectivity index (χ1) is 10.1. The van der Waals surface area contributed by atoms with Gasteiger partial charge in [-0.15, -0.1) is 11.3 Å². The van der Waals surface area contributed by atoms with Crippen LogP contribution >= 0.6 is 11.3 Å². The van der Waals surface area contributed by atoms with Crippen molar-refractivity contribution in [2.45, 2.75) is 27.3 Å². The minimum absolute atomic E-state index is 0.189. The molecule has 108 valence electrons. The molecule has 6 heteroatoms. The summed E-state index contributed by atoms with van der Waals surface area (Å²) < 4.78 is 2.88. The van der Waals surface area contributed by atoms with Gasteiger partial charge in [-0.25, -0.2) is 4.98 Å². The summed E-state index contributed by atoms with van der Waals surface area (Å²) >= 11 is 1.62. The molecule has 0 unspecified atom stereocenters. The number of nitrogens with zero attached hydrogens (tertiary/aromatic N) is 3. The number of carbonyl (C=O) groups is 1. The maximum atomic E-state index is 12.2. The predicted molar refractivity (Wildman–Crippen MR) is 84.9 cm³/mol. The molecule has 0 atom stereocenters. The van der Waals surface area contributed by atoms with Gasteiger partial charge in [-0.05, 0) is 45.0 Å². The average Bonchev–Trinajstić information content (AvgIpc) is 3.00. The normalized spacial score (nSPS) is 11.0. The molecule has 0 radical (unpaired) electrons. The fraction of sp³-hybridized carbons (Fsp3) is 0.267. The lowest BCUT2D eigenvalue weighted by Gasteiger charge is -2.02. The molecular weight excluding hydrogens is 284 g/mol. The van der Waals surface area contributed by atoms with Crippen LogP contribution in [0.25, 0.3) is 10.2 Å². The molecule has 21 heavy (non-hydrogen) atoms. The van der Waals surface area contributed by atoms with E-state index in [1.54, 1.807) is 17.4 Å². The highest BCUT2D eigenvalue weighted by Crippen LogP contribution is 2.25. The first-order valence-corrected chi connectivity index (χ1v) is 7.61. The lowest BCUT2D eigenvalue weighted by molar-refractivity contribution is 0.102. The molecule has 1 N–H and O–H groups in total. The zero-order valence-electron chi connectivity index (χ0n) is 12.2. The number of fused-ring (bicyclic) bond motifs is 1. The molecule has 1 amide bonds. The van der Waals surface area contributed by atoms with Gasteiger partial charge in [0, 0.05) is 17.9 Å². The molecule has 0 saturated carbocycles. The highest BCUT2D eigenvalue weighted by Gasteiger charge is 2.12. The Hall–Kier alpha value is -2.21.